The molecule has 202 valence electrons. The van der Waals surface area contributed by atoms with Gasteiger partial charge < -0.3 is 14.6 Å². The Bertz CT molecular complexity index is 1200. The highest BCUT2D eigenvalue weighted by Crippen LogP contribution is 2.39. The molecule has 0 amide bonds. The number of ketones is 1. The molecule has 38 heavy (non-hydrogen) atoms. The molecule has 1 aliphatic heterocycles. The van der Waals surface area contributed by atoms with Crippen LogP contribution in [-0.2, 0) is 11.3 Å². The molecule has 1 heterocycles. The average Bonchev–Trinajstić information content (AvgIpc) is 3.33. The van der Waals surface area contributed by atoms with Crippen molar-refractivity contribution in [2.24, 2.45) is 5.92 Å². The maximum atomic E-state index is 13.9. The second kappa shape index (κ2) is 12.5. The molecule has 1 N–H and O–H groups in total. The number of thioether (sulfide) groups is 1. The van der Waals surface area contributed by atoms with Gasteiger partial charge in [0, 0.05) is 41.9 Å². The second-order valence-electron chi connectivity index (χ2n) is 10.8. The van der Waals surface area contributed by atoms with E-state index in [9.17, 15) is 4.79 Å². The highest BCUT2D eigenvalue weighted by Gasteiger charge is 2.39. The van der Waals surface area contributed by atoms with Crippen molar-refractivity contribution in [3.05, 3.63) is 94.5 Å². The van der Waals surface area contributed by atoms with E-state index in [-0.39, 0.29) is 31.0 Å². The molecular weight excluding hydrogens is 494 g/mol. The predicted molar refractivity (Wildman–Crippen MR) is 154 cm³/mol. The number of aryl methyl sites for hydroxylation is 2. The first-order valence-electron chi connectivity index (χ1n) is 13.1. The minimum absolute atomic E-state index is 0.0867. The van der Waals surface area contributed by atoms with Crippen LogP contribution in [0.1, 0.15) is 52.4 Å². The van der Waals surface area contributed by atoms with E-state index in [1.54, 1.807) is 11.8 Å². The zero-order chi connectivity index (χ0) is 27.3. The maximum absolute atomic E-state index is 13.9. The van der Waals surface area contributed by atoms with Crippen LogP contribution >= 0.6 is 11.8 Å². The monoisotopic (exact) mass is 533 g/mol. The van der Waals surface area contributed by atoms with Gasteiger partial charge in [0.05, 0.1) is 6.61 Å². The lowest BCUT2D eigenvalue weighted by molar-refractivity contribution is -0.0639. The van der Waals surface area contributed by atoms with Crippen LogP contribution in [0.2, 0.25) is 0 Å². The van der Waals surface area contributed by atoms with E-state index in [1.165, 1.54) is 11.1 Å². The Hall–Kier alpha value is -2.64. The number of aliphatic hydroxyl groups is 1. The molecule has 1 aliphatic rings. The summed E-state index contributed by atoms with van der Waals surface area (Å²) < 4.78 is 11.5. The number of benzene rings is 3. The molecule has 3 aromatic carbocycles. The number of hydrogen-bond donors (Lipinski definition) is 1. The Labute approximate surface area is 231 Å². The summed E-state index contributed by atoms with van der Waals surface area (Å²) >= 11 is 1.68. The zero-order valence-electron chi connectivity index (χ0n) is 23.1. The standard InChI is InChI=1S/C32H39NO4S/c1-22-15-26(16-23(2)31(22)37-32(3,4)20-36-21-34)28-18-33(17-24-9-7-6-8-10-24)19-29(28)30(35)25-11-13-27(38-5)14-12-25/h6-16,28-29,34H,17-21H2,1-5H3/t28-,29+/m0/s1. The van der Waals surface area contributed by atoms with Gasteiger partial charge in [-0.3, -0.25) is 9.69 Å². The Balaban J connectivity index is 1.63. The minimum atomic E-state index is -0.582. The topological polar surface area (TPSA) is 59.0 Å². The molecule has 1 saturated heterocycles. The molecule has 4 rings (SSSR count). The number of rotatable bonds is 11. The fourth-order valence-electron chi connectivity index (χ4n) is 5.38. The van der Waals surface area contributed by atoms with Gasteiger partial charge in [0.25, 0.3) is 0 Å². The molecule has 0 radical (unpaired) electrons. The molecule has 0 aliphatic carbocycles. The van der Waals surface area contributed by atoms with Crippen LogP contribution in [0.25, 0.3) is 0 Å². The van der Waals surface area contributed by atoms with Gasteiger partial charge in [-0.15, -0.1) is 11.8 Å². The number of Topliss-reactive ketones (excluding diaryl/α,β-unsaturated/α-hetero) is 1. The van der Waals surface area contributed by atoms with Gasteiger partial charge in [0.2, 0.25) is 0 Å². The summed E-state index contributed by atoms with van der Waals surface area (Å²) in [5, 5.41) is 9.04. The lowest BCUT2D eigenvalue weighted by Gasteiger charge is -2.29. The third-order valence-electron chi connectivity index (χ3n) is 7.19. The van der Waals surface area contributed by atoms with Crippen molar-refractivity contribution in [3.63, 3.8) is 0 Å². The molecule has 0 bridgehead atoms. The van der Waals surface area contributed by atoms with Gasteiger partial charge in [-0.1, -0.05) is 54.6 Å². The summed E-state index contributed by atoms with van der Waals surface area (Å²) in [5.41, 5.74) is 4.70. The van der Waals surface area contributed by atoms with E-state index in [4.69, 9.17) is 14.6 Å². The molecule has 5 nitrogen and oxygen atoms in total. The molecule has 2 atom stereocenters. The van der Waals surface area contributed by atoms with Crippen LogP contribution in [0.5, 0.6) is 5.75 Å². The van der Waals surface area contributed by atoms with Crippen molar-refractivity contribution in [2.75, 3.05) is 32.7 Å². The molecule has 0 saturated carbocycles. The summed E-state index contributed by atoms with van der Waals surface area (Å²) in [6.07, 6.45) is 2.05. The predicted octanol–water partition coefficient (Wildman–Crippen LogP) is 6.25. The van der Waals surface area contributed by atoms with E-state index >= 15 is 0 Å². The Kier molecular flexibility index (Phi) is 9.32. The van der Waals surface area contributed by atoms with Crippen LogP contribution in [-0.4, -0.2) is 54.1 Å². The zero-order valence-corrected chi connectivity index (χ0v) is 23.9. The number of nitrogens with zero attached hydrogens (tertiary/aromatic N) is 1. The first-order valence-corrected chi connectivity index (χ1v) is 14.4. The van der Waals surface area contributed by atoms with Crippen LogP contribution in [0, 0.1) is 19.8 Å². The molecular formula is C32H39NO4S. The van der Waals surface area contributed by atoms with Gasteiger partial charge in [-0.05, 0) is 68.3 Å². The van der Waals surface area contributed by atoms with E-state index in [0.29, 0.717) is 0 Å². The molecule has 6 heteroatoms. The number of likely N-dealkylation sites (tertiary alicyclic amines) is 1. The van der Waals surface area contributed by atoms with Crippen LogP contribution in [0.15, 0.2) is 71.6 Å². The van der Waals surface area contributed by atoms with Crippen LogP contribution in [0.4, 0.5) is 0 Å². The Morgan fingerprint density at radius 2 is 1.68 bits per heavy atom. The van der Waals surface area contributed by atoms with Crippen molar-refractivity contribution in [1.82, 2.24) is 4.90 Å². The van der Waals surface area contributed by atoms with Gasteiger partial charge >= 0.3 is 0 Å². The molecule has 0 unspecified atom stereocenters. The lowest BCUT2D eigenvalue weighted by atomic mass is 9.82. The molecule has 1 fully saturated rings. The first kappa shape index (κ1) is 28.4. The summed E-state index contributed by atoms with van der Waals surface area (Å²) in [6, 6.07) is 22.8. The van der Waals surface area contributed by atoms with Crippen molar-refractivity contribution in [1.29, 1.82) is 0 Å². The van der Waals surface area contributed by atoms with Crippen LogP contribution < -0.4 is 4.74 Å². The van der Waals surface area contributed by atoms with E-state index in [0.717, 1.165) is 47.0 Å². The number of ether oxygens (including phenoxy) is 2. The van der Waals surface area contributed by atoms with Gasteiger partial charge in [0.1, 0.15) is 18.1 Å². The SMILES string of the molecule is CSc1ccc(C(=O)[C@@H]2CN(Cc3ccccc3)C[C@H]2c2cc(C)c(OC(C)(C)COCO)c(C)c2)cc1. The highest BCUT2D eigenvalue weighted by atomic mass is 32.2. The minimum Gasteiger partial charge on any atom is -0.485 e. The average molecular weight is 534 g/mol. The summed E-state index contributed by atoms with van der Waals surface area (Å²) in [5.74, 6) is 0.994. The smallest absolute Gasteiger partial charge is 0.167 e. The molecule has 3 aromatic rings. The third kappa shape index (κ3) is 6.86. The third-order valence-corrected chi connectivity index (χ3v) is 7.93. The van der Waals surface area contributed by atoms with E-state index in [2.05, 4.69) is 55.1 Å². The largest absolute Gasteiger partial charge is 0.485 e. The van der Waals surface area contributed by atoms with E-state index < -0.39 is 5.60 Å². The molecule has 0 spiro atoms. The number of aliphatic hydroxyl groups excluding tert-OH is 1. The number of hydrogen-bond acceptors (Lipinski definition) is 6. The Morgan fingerprint density at radius 1 is 1.03 bits per heavy atom. The van der Waals surface area contributed by atoms with Crippen molar-refractivity contribution in [3.8, 4) is 5.75 Å². The van der Waals surface area contributed by atoms with Gasteiger partial charge in [-0.25, -0.2) is 0 Å². The quantitative estimate of drug-likeness (QED) is 0.179. The first-order chi connectivity index (χ1) is 18.2. The highest BCUT2D eigenvalue weighted by molar-refractivity contribution is 7.98. The lowest BCUT2D eigenvalue weighted by Crippen LogP contribution is -2.34. The van der Waals surface area contributed by atoms with Crippen LogP contribution in [0.3, 0.4) is 0 Å². The fraction of sp³-hybridized carbons (Fsp3) is 0.406. The van der Waals surface area contributed by atoms with Crippen molar-refractivity contribution in [2.45, 2.75) is 50.7 Å². The fourth-order valence-corrected chi connectivity index (χ4v) is 5.79. The van der Waals surface area contributed by atoms with Crippen molar-refractivity contribution >= 4 is 17.5 Å². The molecule has 0 aromatic heterocycles. The Morgan fingerprint density at radius 3 is 2.29 bits per heavy atom. The maximum Gasteiger partial charge on any atom is 0.167 e. The number of carbonyl (C=O) groups excluding carboxylic acids is 1. The van der Waals surface area contributed by atoms with Gasteiger partial charge in [0.15, 0.2) is 5.78 Å². The van der Waals surface area contributed by atoms with Crippen molar-refractivity contribution < 1.29 is 19.4 Å². The van der Waals surface area contributed by atoms with E-state index in [1.807, 2.05) is 50.4 Å². The second-order valence-corrected chi connectivity index (χ2v) is 11.7. The normalized spacial score (nSPS) is 18.1. The number of carbonyl (C=O) groups is 1. The summed E-state index contributed by atoms with van der Waals surface area (Å²) in [7, 11) is 0. The van der Waals surface area contributed by atoms with Gasteiger partial charge in [-0.2, -0.15) is 0 Å². The summed E-state index contributed by atoms with van der Waals surface area (Å²) in [6.45, 7) is 10.3. The summed E-state index contributed by atoms with van der Waals surface area (Å²) in [4.78, 5) is 17.4.